The molecule has 0 amide bonds. The normalized spacial score (nSPS) is 17.4. The van der Waals surface area contributed by atoms with E-state index in [1.54, 1.807) is 6.92 Å². The second-order valence-electron chi connectivity index (χ2n) is 3.64. The molecule has 0 atom stereocenters. The average molecular weight is 223 g/mol. The van der Waals surface area contributed by atoms with Crippen LogP contribution in [0.15, 0.2) is 11.4 Å². The van der Waals surface area contributed by atoms with Crippen molar-refractivity contribution in [3.8, 4) is 6.07 Å². The van der Waals surface area contributed by atoms with E-state index in [0.29, 0.717) is 0 Å². The van der Waals surface area contributed by atoms with E-state index in [1.807, 2.05) is 11.0 Å². The van der Waals surface area contributed by atoms with Crippen molar-refractivity contribution in [2.24, 2.45) is 5.73 Å². The molecule has 0 aliphatic carbocycles. The Labute approximate surface area is 95.5 Å². The van der Waals surface area contributed by atoms with Crippen molar-refractivity contribution in [3.05, 3.63) is 11.4 Å². The maximum atomic E-state index is 11.4. The fourth-order valence-electron chi connectivity index (χ4n) is 1.70. The van der Waals surface area contributed by atoms with Gasteiger partial charge in [0.25, 0.3) is 0 Å². The molecule has 0 aromatic carbocycles. The predicted molar refractivity (Wildman–Crippen MR) is 58.9 cm³/mol. The number of ether oxygens (including phenoxy) is 1. The number of rotatable bonds is 3. The smallest absolute Gasteiger partial charge is 0.352 e. The first-order chi connectivity index (χ1) is 7.70. The number of nitriles is 1. The van der Waals surface area contributed by atoms with Crippen molar-refractivity contribution in [3.63, 3.8) is 0 Å². The molecule has 88 valence electrons. The molecule has 0 spiro atoms. The second-order valence-corrected chi connectivity index (χ2v) is 3.64. The number of carbonyl (C=O) groups excluding carboxylic acids is 1. The summed E-state index contributed by atoms with van der Waals surface area (Å²) in [5.41, 5.74) is 5.74. The largest absolute Gasteiger partial charge is 0.462 e. The fourth-order valence-corrected chi connectivity index (χ4v) is 1.70. The zero-order valence-corrected chi connectivity index (χ0v) is 9.53. The fraction of sp³-hybridized carbons (Fsp3) is 0.636. The standard InChI is InChI=1S/C11H17N3O2/c1-2-16-11(15)9(8-12)10(13)14-6-4-3-5-7-14/h2-7,13H2,1H3/b10-9-. The highest BCUT2D eigenvalue weighted by molar-refractivity contribution is 5.93. The van der Waals surface area contributed by atoms with Crippen LogP contribution in [0.3, 0.4) is 0 Å². The monoisotopic (exact) mass is 223 g/mol. The van der Waals surface area contributed by atoms with Crippen LogP contribution >= 0.6 is 0 Å². The molecule has 1 aliphatic rings. The number of esters is 1. The SMILES string of the molecule is CCOC(=O)/C(C#N)=C(/N)N1CCCCC1. The van der Waals surface area contributed by atoms with Crippen molar-refractivity contribution in [1.29, 1.82) is 5.26 Å². The van der Waals surface area contributed by atoms with Crippen LogP contribution in [0.1, 0.15) is 26.2 Å². The maximum Gasteiger partial charge on any atom is 0.352 e. The van der Waals surface area contributed by atoms with Gasteiger partial charge in [0.15, 0.2) is 5.57 Å². The van der Waals surface area contributed by atoms with Crippen LogP contribution in [0, 0.1) is 11.3 Å². The molecular weight excluding hydrogens is 206 g/mol. The first kappa shape index (κ1) is 12.4. The van der Waals surface area contributed by atoms with Crippen molar-refractivity contribution in [2.75, 3.05) is 19.7 Å². The van der Waals surface area contributed by atoms with Gasteiger partial charge >= 0.3 is 5.97 Å². The average Bonchev–Trinajstić information content (AvgIpc) is 2.31. The van der Waals surface area contributed by atoms with Crippen LogP contribution in [0.4, 0.5) is 0 Å². The Kier molecular flexibility index (Phi) is 4.65. The van der Waals surface area contributed by atoms with Crippen LogP contribution in [0.5, 0.6) is 0 Å². The summed E-state index contributed by atoms with van der Waals surface area (Å²) in [4.78, 5) is 13.3. The summed E-state index contributed by atoms with van der Waals surface area (Å²) in [5, 5.41) is 8.91. The topological polar surface area (TPSA) is 79.3 Å². The highest BCUT2D eigenvalue weighted by Crippen LogP contribution is 2.14. The predicted octanol–water partition coefficient (Wildman–Crippen LogP) is 0.729. The number of nitrogens with zero attached hydrogens (tertiary/aromatic N) is 2. The third-order valence-electron chi connectivity index (χ3n) is 2.54. The van der Waals surface area contributed by atoms with Gasteiger partial charge in [-0.3, -0.25) is 0 Å². The van der Waals surface area contributed by atoms with Gasteiger partial charge in [0, 0.05) is 13.1 Å². The quantitative estimate of drug-likeness (QED) is 0.433. The first-order valence-corrected chi connectivity index (χ1v) is 5.52. The lowest BCUT2D eigenvalue weighted by atomic mass is 10.1. The molecule has 0 unspecified atom stereocenters. The summed E-state index contributed by atoms with van der Waals surface area (Å²) in [6.45, 7) is 3.55. The minimum Gasteiger partial charge on any atom is -0.462 e. The molecule has 1 rings (SSSR count). The number of hydrogen-bond donors (Lipinski definition) is 1. The number of carbonyl (C=O) groups is 1. The Morgan fingerprint density at radius 3 is 2.56 bits per heavy atom. The van der Waals surface area contributed by atoms with Crippen molar-refractivity contribution in [1.82, 2.24) is 4.90 Å². The van der Waals surface area contributed by atoms with Gasteiger partial charge in [-0.2, -0.15) is 5.26 Å². The summed E-state index contributed by atoms with van der Waals surface area (Å²) >= 11 is 0. The lowest BCUT2D eigenvalue weighted by Gasteiger charge is -2.29. The number of likely N-dealkylation sites (tertiary alicyclic amines) is 1. The van der Waals surface area contributed by atoms with Crippen LogP contribution < -0.4 is 5.73 Å². The Bertz CT molecular complexity index is 325. The first-order valence-electron chi connectivity index (χ1n) is 5.52. The minimum atomic E-state index is -0.631. The van der Waals surface area contributed by atoms with Gasteiger partial charge in [0.05, 0.1) is 6.61 Å². The Hall–Kier alpha value is -1.70. The highest BCUT2D eigenvalue weighted by atomic mass is 16.5. The molecule has 16 heavy (non-hydrogen) atoms. The van der Waals surface area contributed by atoms with Crippen LogP contribution in [0.2, 0.25) is 0 Å². The third-order valence-corrected chi connectivity index (χ3v) is 2.54. The Morgan fingerprint density at radius 2 is 2.06 bits per heavy atom. The lowest BCUT2D eigenvalue weighted by molar-refractivity contribution is -0.138. The summed E-state index contributed by atoms with van der Waals surface area (Å²) in [6.07, 6.45) is 3.26. The summed E-state index contributed by atoms with van der Waals surface area (Å²) < 4.78 is 4.78. The molecule has 0 aromatic heterocycles. The van der Waals surface area contributed by atoms with E-state index in [-0.39, 0.29) is 18.0 Å². The third kappa shape index (κ3) is 2.89. The van der Waals surface area contributed by atoms with Gasteiger partial charge in [-0.15, -0.1) is 0 Å². The highest BCUT2D eigenvalue weighted by Gasteiger charge is 2.20. The molecule has 5 nitrogen and oxygen atoms in total. The van der Waals surface area contributed by atoms with Crippen LogP contribution in [-0.4, -0.2) is 30.6 Å². The Balaban J connectivity index is 2.81. The summed E-state index contributed by atoms with van der Waals surface area (Å²) in [5.74, 6) is -0.381. The van der Waals surface area contributed by atoms with Gasteiger partial charge < -0.3 is 15.4 Å². The number of hydrogen-bond acceptors (Lipinski definition) is 5. The van der Waals surface area contributed by atoms with E-state index in [1.165, 1.54) is 6.42 Å². The zero-order valence-electron chi connectivity index (χ0n) is 9.53. The van der Waals surface area contributed by atoms with Gasteiger partial charge in [0.2, 0.25) is 0 Å². The molecular formula is C11H17N3O2. The summed E-state index contributed by atoms with van der Waals surface area (Å²) in [7, 11) is 0. The lowest BCUT2D eigenvalue weighted by Crippen LogP contribution is -2.35. The van der Waals surface area contributed by atoms with E-state index >= 15 is 0 Å². The van der Waals surface area contributed by atoms with Crippen molar-refractivity contribution in [2.45, 2.75) is 26.2 Å². The van der Waals surface area contributed by atoms with Crippen molar-refractivity contribution >= 4 is 5.97 Å². The molecule has 0 radical (unpaired) electrons. The molecule has 5 heteroatoms. The van der Waals surface area contributed by atoms with Crippen LogP contribution in [0.25, 0.3) is 0 Å². The Morgan fingerprint density at radius 1 is 1.44 bits per heavy atom. The van der Waals surface area contributed by atoms with Crippen molar-refractivity contribution < 1.29 is 9.53 Å². The molecule has 0 aromatic rings. The van der Waals surface area contributed by atoms with Crippen LogP contribution in [-0.2, 0) is 9.53 Å². The molecule has 0 bridgehead atoms. The van der Waals surface area contributed by atoms with Gasteiger partial charge in [-0.05, 0) is 26.2 Å². The van der Waals surface area contributed by atoms with E-state index < -0.39 is 5.97 Å². The molecule has 1 aliphatic heterocycles. The molecule has 1 heterocycles. The van der Waals surface area contributed by atoms with E-state index in [0.717, 1.165) is 25.9 Å². The molecule has 2 N–H and O–H groups in total. The van der Waals surface area contributed by atoms with Gasteiger partial charge in [-0.1, -0.05) is 0 Å². The van der Waals surface area contributed by atoms with Gasteiger partial charge in [-0.25, -0.2) is 4.79 Å². The summed E-state index contributed by atoms with van der Waals surface area (Å²) in [6, 6.07) is 1.82. The second kappa shape index (κ2) is 6.01. The number of piperidine rings is 1. The van der Waals surface area contributed by atoms with E-state index in [4.69, 9.17) is 15.7 Å². The minimum absolute atomic E-state index is 0.0799. The molecule has 1 saturated heterocycles. The van der Waals surface area contributed by atoms with E-state index in [2.05, 4.69) is 0 Å². The van der Waals surface area contributed by atoms with Gasteiger partial charge in [0.1, 0.15) is 11.9 Å². The maximum absolute atomic E-state index is 11.4. The number of nitrogens with two attached hydrogens (primary N) is 1. The molecule has 0 saturated carbocycles. The molecule has 1 fully saturated rings. The zero-order chi connectivity index (χ0) is 12.0. The van der Waals surface area contributed by atoms with E-state index in [9.17, 15) is 4.79 Å².